The summed E-state index contributed by atoms with van der Waals surface area (Å²) >= 11 is 4.75. The van der Waals surface area contributed by atoms with E-state index in [1.807, 2.05) is 24.3 Å². The zero-order chi connectivity index (χ0) is 17.8. The van der Waals surface area contributed by atoms with E-state index in [0.29, 0.717) is 23.7 Å². The zero-order valence-electron chi connectivity index (χ0n) is 13.8. The van der Waals surface area contributed by atoms with Crippen LogP contribution in [0.5, 0.6) is 0 Å². The summed E-state index contributed by atoms with van der Waals surface area (Å²) in [5, 5.41) is 0.881. The first kappa shape index (κ1) is 18.2. The van der Waals surface area contributed by atoms with E-state index in [1.165, 1.54) is 17.8 Å². The smallest absolute Gasteiger partial charge is 0.332 e. The molecule has 1 fully saturated rings. The van der Waals surface area contributed by atoms with Crippen LogP contribution in [0.4, 0.5) is 0 Å². The van der Waals surface area contributed by atoms with Crippen molar-refractivity contribution in [1.82, 2.24) is 4.90 Å². The van der Waals surface area contributed by atoms with Gasteiger partial charge in [0.1, 0.15) is 0 Å². The fourth-order valence-corrected chi connectivity index (χ4v) is 4.11. The number of Topliss-reactive ketones (excluding diaryl/α,β-unsaturated/α-hetero) is 1. The first-order valence-electron chi connectivity index (χ1n) is 8.04. The molecule has 1 aromatic rings. The number of thioether (sulfide) groups is 1. The minimum absolute atomic E-state index is 0.137. The van der Waals surface area contributed by atoms with Gasteiger partial charge in [0.2, 0.25) is 5.78 Å². The van der Waals surface area contributed by atoms with Gasteiger partial charge in [-0.25, -0.2) is 4.79 Å². The highest BCUT2D eigenvalue weighted by Gasteiger charge is 2.34. The number of ketones is 1. The molecule has 2 heterocycles. The highest BCUT2D eigenvalue weighted by atomic mass is 79.9. The summed E-state index contributed by atoms with van der Waals surface area (Å²) in [5.41, 5.74) is 1.48. The van der Waals surface area contributed by atoms with Gasteiger partial charge in [0.05, 0.1) is 35.3 Å². The Morgan fingerprint density at radius 3 is 2.64 bits per heavy atom. The van der Waals surface area contributed by atoms with Crippen LogP contribution in [0, 0.1) is 0 Å². The summed E-state index contributed by atoms with van der Waals surface area (Å²) in [7, 11) is 0. The van der Waals surface area contributed by atoms with Gasteiger partial charge in [-0.1, -0.05) is 39.8 Å². The van der Waals surface area contributed by atoms with Crippen LogP contribution in [0.25, 0.3) is 5.57 Å². The van der Waals surface area contributed by atoms with E-state index in [-0.39, 0.29) is 12.4 Å². The normalized spacial score (nSPS) is 19.7. The van der Waals surface area contributed by atoms with Gasteiger partial charge in [-0.15, -0.1) is 0 Å². The molecule has 7 heteroatoms. The monoisotopic (exact) mass is 423 g/mol. The van der Waals surface area contributed by atoms with Gasteiger partial charge in [-0.3, -0.25) is 4.79 Å². The van der Waals surface area contributed by atoms with Crippen molar-refractivity contribution in [3.8, 4) is 0 Å². The highest BCUT2D eigenvalue weighted by Crippen LogP contribution is 2.44. The van der Waals surface area contributed by atoms with Crippen molar-refractivity contribution in [2.45, 2.75) is 6.92 Å². The number of benzene rings is 1. The lowest BCUT2D eigenvalue weighted by Gasteiger charge is -2.29. The first-order valence-corrected chi connectivity index (χ1v) is 9.65. The number of halogens is 1. The van der Waals surface area contributed by atoms with Gasteiger partial charge >= 0.3 is 5.97 Å². The van der Waals surface area contributed by atoms with Gasteiger partial charge in [-0.2, -0.15) is 0 Å². The molecule has 0 spiro atoms. The summed E-state index contributed by atoms with van der Waals surface area (Å²) < 4.78 is 11.3. The second kappa shape index (κ2) is 8.21. The van der Waals surface area contributed by atoms with Crippen LogP contribution in [0.2, 0.25) is 0 Å². The molecule has 5 nitrogen and oxygen atoms in total. The van der Waals surface area contributed by atoms with E-state index >= 15 is 0 Å². The van der Waals surface area contributed by atoms with E-state index in [1.54, 1.807) is 6.92 Å². The van der Waals surface area contributed by atoms with Crippen molar-refractivity contribution in [3.63, 3.8) is 0 Å². The maximum Gasteiger partial charge on any atom is 0.332 e. The van der Waals surface area contributed by atoms with Crippen LogP contribution in [0.3, 0.4) is 0 Å². The Morgan fingerprint density at radius 1 is 1.32 bits per heavy atom. The molecule has 0 atom stereocenters. The third-order valence-electron chi connectivity index (χ3n) is 3.84. The van der Waals surface area contributed by atoms with Crippen molar-refractivity contribution in [2.75, 3.05) is 32.9 Å². The fourth-order valence-electron chi connectivity index (χ4n) is 2.67. The minimum atomic E-state index is -0.489. The molecule has 0 saturated carbocycles. The number of morpholine rings is 1. The molecule has 3 rings (SSSR count). The van der Waals surface area contributed by atoms with Crippen molar-refractivity contribution in [1.29, 1.82) is 0 Å². The molecule has 0 aliphatic carbocycles. The van der Waals surface area contributed by atoms with E-state index < -0.39 is 5.97 Å². The average molecular weight is 424 g/mol. The number of carbonyl (C=O) groups is 2. The number of allylic oxidation sites excluding steroid dienone is 2. The Hall–Kier alpha value is -1.57. The lowest BCUT2D eigenvalue weighted by molar-refractivity contribution is -0.137. The largest absolute Gasteiger partial charge is 0.463 e. The lowest BCUT2D eigenvalue weighted by atomic mass is 10.0. The van der Waals surface area contributed by atoms with Gasteiger partial charge in [0, 0.05) is 23.6 Å². The summed E-state index contributed by atoms with van der Waals surface area (Å²) in [4.78, 5) is 27.3. The number of hydrogen-bond donors (Lipinski definition) is 0. The second-order valence-corrected chi connectivity index (χ2v) is 7.42. The number of ether oxygens (including phenoxy) is 2. The molecule has 25 heavy (non-hydrogen) atoms. The molecule has 0 unspecified atom stereocenters. The van der Waals surface area contributed by atoms with E-state index in [0.717, 1.165) is 28.2 Å². The standard InChI is InChI=1S/C18H18BrNO4S/c1-2-24-15(21)11-14-17(22)16(12-3-5-13(19)6-4-12)18(25-14)20-7-9-23-10-8-20/h3-6,11H,2,7-10H2,1H3. The van der Waals surface area contributed by atoms with Crippen LogP contribution >= 0.6 is 27.7 Å². The molecule has 2 aliphatic rings. The van der Waals surface area contributed by atoms with E-state index in [9.17, 15) is 9.59 Å². The minimum Gasteiger partial charge on any atom is -0.463 e. The molecule has 0 radical (unpaired) electrons. The van der Waals surface area contributed by atoms with Crippen LogP contribution < -0.4 is 0 Å². The van der Waals surface area contributed by atoms with Crippen LogP contribution in [-0.4, -0.2) is 49.6 Å². The maximum atomic E-state index is 13.0. The van der Waals surface area contributed by atoms with Crippen LogP contribution in [0.15, 0.2) is 44.7 Å². The Kier molecular flexibility index (Phi) is 5.98. The molecule has 132 valence electrons. The Labute approximate surface area is 159 Å². The predicted molar refractivity (Wildman–Crippen MR) is 101 cm³/mol. The third kappa shape index (κ3) is 4.16. The van der Waals surface area contributed by atoms with Crippen LogP contribution in [-0.2, 0) is 19.1 Å². The summed E-state index contributed by atoms with van der Waals surface area (Å²) in [6.45, 7) is 4.73. The molecule has 0 N–H and O–H groups in total. The Bertz CT molecular complexity index is 736. The topological polar surface area (TPSA) is 55.8 Å². The number of rotatable bonds is 4. The number of nitrogens with zero attached hydrogens (tertiary/aromatic N) is 1. The second-order valence-electron chi connectivity index (χ2n) is 5.48. The highest BCUT2D eigenvalue weighted by molar-refractivity contribution is 9.10. The zero-order valence-corrected chi connectivity index (χ0v) is 16.2. The molecule has 0 bridgehead atoms. The lowest BCUT2D eigenvalue weighted by Crippen LogP contribution is -2.34. The quantitative estimate of drug-likeness (QED) is 0.547. The molecule has 2 aliphatic heterocycles. The third-order valence-corrected chi connectivity index (χ3v) is 5.55. The number of esters is 1. The molecule has 0 aromatic heterocycles. The molecular weight excluding hydrogens is 406 g/mol. The average Bonchev–Trinajstić information content (AvgIpc) is 2.93. The Morgan fingerprint density at radius 2 is 2.00 bits per heavy atom. The summed E-state index contributed by atoms with van der Waals surface area (Å²) in [6, 6.07) is 7.63. The predicted octanol–water partition coefficient (Wildman–Crippen LogP) is 3.21. The maximum absolute atomic E-state index is 13.0. The fraction of sp³-hybridized carbons (Fsp3) is 0.333. The number of hydrogen-bond acceptors (Lipinski definition) is 6. The van der Waals surface area contributed by atoms with Crippen molar-refractivity contribution < 1.29 is 19.1 Å². The SMILES string of the molecule is CCOC(=O)C=C1SC(N2CCOCC2)=C(c2ccc(Br)cc2)C1=O. The summed E-state index contributed by atoms with van der Waals surface area (Å²) in [5.74, 6) is -0.626. The molecule has 0 amide bonds. The van der Waals surface area contributed by atoms with Crippen molar-refractivity contribution in [3.05, 3.63) is 50.3 Å². The number of carbonyl (C=O) groups excluding carboxylic acids is 2. The van der Waals surface area contributed by atoms with Gasteiger partial charge in [-0.05, 0) is 24.6 Å². The van der Waals surface area contributed by atoms with Crippen LogP contribution in [0.1, 0.15) is 12.5 Å². The Balaban J connectivity index is 1.98. The van der Waals surface area contributed by atoms with Gasteiger partial charge in [0.15, 0.2) is 0 Å². The molecule has 1 aromatic carbocycles. The van der Waals surface area contributed by atoms with E-state index in [2.05, 4.69) is 20.8 Å². The van der Waals surface area contributed by atoms with Crippen molar-refractivity contribution in [2.24, 2.45) is 0 Å². The van der Waals surface area contributed by atoms with E-state index in [4.69, 9.17) is 9.47 Å². The van der Waals surface area contributed by atoms with Gasteiger partial charge in [0.25, 0.3) is 0 Å². The molecular formula is C18H18BrNO4S. The first-order chi connectivity index (χ1) is 12.1. The summed E-state index contributed by atoms with van der Waals surface area (Å²) in [6.07, 6.45) is 1.29. The molecule has 1 saturated heterocycles. The van der Waals surface area contributed by atoms with Crippen molar-refractivity contribution >= 4 is 45.0 Å². The van der Waals surface area contributed by atoms with Gasteiger partial charge < -0.3 is 14.4 Å².